The first-order valence-corrected chi connectivity index (χ1v) is 6.15. The average Bonchev–Trinajstić information content (AvgIpc) is 2.62. The maximum atomic E-state index is 5.63. The smallest absolute Gasteiger partial charge is 0.202 e. The van der Waals surface area contributed by atoms with Gasteiger partial charge in [-0.15, -0.1) is 0 Å². The molecule has 0 amide bonds. The second-order valence-electron chi connectivity index (χ2n) is 3.61. The van der Waals surface area contributed by atoms with Crippen LogP contribution in [0.25, 0.3) is 0 Å². The molecule has 0 aliphatic carbocycles. The summed E-state index contributed by atoms with van der Waals surface area (Å²) in [5.41, 5.74) is 0. The lowest BCUT2D eigenvalue weighted by Gasteiger charge is -2.17. The van der Waals surface area contributed by atoms with E-state index in [9.17, 15) is 0 Å². The van der Waals surface area contributed by atoms with Crippen molar-refractivity contribution in [1.29, 1.82) is 0 Å². The first kappa shape index (κ1) is 12.4. The van der Waals surface area contributed by atoms with Crippen LogP contribution >= 0.6 is 11.5 Å². The highest BCUT2D eigenvalue weighted by Gasteiger charge is 2.20. The average molecular weight is 229 g/mol. The van der Waals surface area contributed by atoms with E-state index in [-0.39, 0.29) is 6.10 Å². The summed E-state index contributed by atoms with van der Waals surface area (Å²) in [6.07, 6.45) is 0.0126. The van der Waals surface area contributed by atoms with Crippen molar-refractivity contribution in [2.24, 2.45) is 5.92 Å². The second-order valence-corrected chi connectivity index (χ2v) is 4.36. The standard InChI is InChI=1S/C10H19N3OS/c1-5-11-10-12-9(13-15-10)8(7(3)4)14-6-2/h7-8H,5-6H2,1-4H3,(H,11,12,13). The molecule has 1 heterocycles. The molecular weight excluding hydrogens is 210 g/mol. The van der Waals surface area contributed by atoms with E-state index in [4.69, 9.17) is 4.74 Å². The fraction of sp³-hybridized carbons (Fsp3) is 0.800. The highest BCUT2D eigenvalue weighted by Crippen LogP contribution is 2.25. The largest absolute Gasteiger partial charge is 0.370 e. The molecule has 0 saturated carbocycles. The van der Waals surface area contributed by atoms with Crippen LogP contribution < -0.4 is 5.32 Å². The van der Waals surface area contributed by atoms with Gasteiger partial charge >= 0.3 is 0 Å². The molecule has 0 saturated heterocycles. The minimum atomic E-state index is 0.0126. The first-order valence-electron chi connectivity index (χ1n) is 5.38. The van der Waals surface area contributed by atoms with Crippen molar-refractivity contribution in [3.05, 3.63) is 5.82 Å². The van der Waals surface area contributed by atoms with Crippen molar-refractivity contribution in [2.75, 3.05) is 18.5 Å². The lowest BCUT2D eigenvalue weighted by Crippen LogP contribution is -2.12. The molecular formula is C10H19N3OS. The molecule has 1 atom stereocenters. The zero-order valence-corrected chi connectivity index (χ0v) is 10.6. The van der Waals surface area contributed by atoms with Gasteiger partial charge in [0.15, 0.2) is 5.82 Å². The number of nitrogens with one attached hydrogen (secondary N) is 1. The van der Waals surface area contributed by atoms with Gasteiger partial charge in [-0.2, -0.15) is 4.37 Å². The number of hydrogen-bond acceptors (Lipinski definition) is 5. The van der Waals surface area contributed by atoms with Gasteiger partial charge in [0.1, 0.15) is 6.10 Å². The van der Waals surface area contributed by atoms with Crippen molar-refractivity contribution in [2.45, 2.75) is 33.8 Å². The molecule has 4 nitrogen and oxygen atoms in total. The number of aromatic nitrogens is 2. The van der Waals surface area contributed by atoms with E-state index in [0.29, 0.717) is 12.5 Å². The van der Waals surface area contributed by atoms with E-state index in [0.717, 1.165) is 17.5 Å². The Morgan fingerprint density at radius 3 is 2.67 bits per heavy atom. The summed E-state index contributed by atoms with van der Waals surface area (Å²) in [6.45, 7) is 9.84. The summed E-state index contributed by atoms with van der Waals surface area (Å²) >= 11 is 1.39. The lowest BCUT2D eigenvalue weighted by atomic mass is 10.1. The Morgan fingerprint density at radius 1 is 1.40 bits per heavy atom. The third kappa shape index (κ3) is 3.43. The van der Waals surface area contributed by atoms with Crippen molar-refractivity contribution < 1.29 is 4.74 Å². The van der Waals surface area contributed by atoms with Crippen LogP contribution in [0.5, 0.6) is 0 Å². The lowest BCUT2D eigenvalue weighted by molar-refractivity contribution is 0.0241. The highest BCUT2D eigenvalue weighted by molar-refractivity contribution is 7.09. The quantitative estimate of drug-likeness (QED) is 0.814. The molecule has 15 heavy (non-hydrogen) atoms. The van der Waals surface area contributed by atoms with Gasteiger partial charge in [-0.1, -0.05) is 13.8 Å². The van der Waals surface area contributed by atoms with Crippen LogP contribution in [0.2, 0.25) is 0 Å². The van der Waals surface area contributed by atoms with E-state index < -0.39 is 0 Å². The zero-order chi connectivity index (χ0) is 11.3. The molecule has 0 aliphatic rings. The van der Waals surface area contributed by atoms with Gasteiger partial charge in [-0.05, 0) is 19.8 Å². The molecule has 5 heteroatoms. The Hall–Kier alpha value is -0.680. The number of rotatable bonds is 6. The number of ether oxygens (including phenoxy) is 1. The minimum absolute atomic E-state index is 0.0126. The molecule has 1 aromatic rings. The topological polar surface area (TPSA) is 47.0 Å². The number of hydrogen-bond donors (Lipinski definition) is 1. The second kappa shape index (κ2) is 6.02. The van der Waals surface area contributed by atoms with Crippen molar-refractivity contribution >= 4 is 16.7 Å². The Labute approximate surface area is 95.2 Å². The summed E-state index contributed by atoms with van der Waals surface area (Å²) in [5.74, 6) is 1.20. The van der Waals surface area contributed by atoms with Crippen LogP contribution in [0.1, 0.15) is 39.6 Å². The zero-order valence-electron chi connectivity index (χ0n) is 9.78. The predicted octanol–water partition coefficient (Wildman–Crippen LogP) is 2.70. The maximum absolute atomic E-state index is 5.63. The molecule has 0 aromatic carbocycles. The third-order valence-electron chi connectivity index (χ3n) is 1.98. The Bertz CT molecular complexity index is 288. The van der Waals surface area contributed by atoms with Crippen LogP contribution in [0.4, 0.5) is 5.13 Å². The molecule has 1 aromatic heterocycles. The fourth-order valence-corrected chi connectivity index (χ4v) is 1.99. The summed E-state index contributed by atoms with van der Waals surface area (Å²) in [5, 5.41) is 4.03. The molecule has 1 rings (SSSR count). The van der Waals surface area contributed by atoms with E-state index >= 15 is 0 Å². The van der Waals surface area contributed by atoms with Gasteiger partial charge in [-0.25, -0.2) is 4.98 Å². The number of nitrogens with zero attached hydrogens (tertiary/aromatic N) is 2. The fourth-order valence-electron chi connectivity index (χ4n) is 1.32. The Kier molecular flexibility index (Phi) is 4.98. The molecule has 1 unspecified atom stereocenters. The molecule has 0 bridgehead atoms. The van der Waals surface area contributed by atoms with E-state index in [1.165, 1.54) is 11.5 Å². The first-order chi connectivity index (χ1) is 7.19. The molecule has 1 N–H and O–H groups in total. The molecule has 0 aliphatic heterocycles. The van der Waals surface area contributed by atoms with E-state index in [2.05, 4.69) is 28.5 Å². The van der Waals surface area contributed by atoms with Crippen LogP contribution in [0, 0.1) is 5.92 Å². The molecule has 86 valence electrons. The van der Waals surface area contributed by atoms with E-state index in [1.54, 1.807) is 0 Å². The normalized spacial score (nSPS) is 13.1. The van der Waals surface area contributed by atoms with Crippen molar-refractivity contribution in [3.63, 3.8) is 0 Å². The summed E-state index contributed by atoms with van der Waals surface area (Å²) < 4.78 is 9.95. The molecule has 0 radical (unpaired) electrons. The predicted molar refractivity (Wildman–Crippen MR) is 63.3 cm³/mol. The summed E-state index contributed by atoms with van der Waals surface area (Å²) in [6, 6.07) is 0. The van der Waals surface area contributed by atoms with Gasteiger partial charge in [0.2, 0.25) is 5.13 Å². The SMILES string of the molecule is CCNc1nc(C(OCC)C(C)C)ns1. The maximum Gasteiger partial charge on any atom is 0.202 e. The van der Waals surface area contributed by atoms with Crippen LogP contribution in [0.15, 0.2) is 0 Å². The summed E-state index contributed by atoms with van der Waals surface area (Å²) in [7, 11) is 0. The van der Waals surface area contributed by atoms with Crippen molar-refractivity contribution in [3.8, 4) is 0 Å². The molecule has 0 fully saturated rings. The van der Waals surface area contributed by atoms with Crippen LogP contribution in [-0.2, 0) is 4.74 Å². The van der Waals surface area contributed by atoms with Crippen LogP contribution in [-0.4, -0.2) is 22.5 Å². The van der Waals surface area contributed by atoms with Gasteiger partial charge in [0, 0.05) is 24.7 Å². The number of anilines is 1. The van der Waals surface area contributed by atoms with Gasteiger partial charge < -0.3 is 10.1 Å². The van der Waals surface area contributed by atoms with Crippen LogP contribution in [0.3, 0.4) is 0 Å². The van der Waals surface area contributed by atoms with Gasteiger partial charge in [0.25, 0.3) is 0 Å². The van der Waals surface area contributed by atoms with Crippen molar-refractivity contribution in [1.82, 2.24) is 9.36 Å². The van der Waals surface area contributed by atoms with Gasteiger partial charge in [0.05, 0.1) is 0 Å². The molecule has 0 spiro atoms. The highest BCUT2D eigenvalue weighted by atomic mass is 32.1. The van der Waals surface area contributed by atoms with Gasteiger partial charge in [-0.3, -0.25) is 0 Å². The van der Waals surface area contributed by atoms with E-state index in [1.807, 2.05) is 13.8 Å². The Morgan fingerprint density at radius 2 is 2.13 bits per heavy atom. The Balaban J connectivity index is 2.72. The summed E-state index contributed by atoms with van der Waals surface area (Å²) in [4.78, 5) is 4.41. The minimum Gasteiger partial charge on any atom is -0.370 e. The third-order valence-corrected chi connectivity index (χ3v) is 2.66. The monoisotopic (exact) mass is 229 g/mol.